The Kier molecular flexibility index (Phi) is 3.30. The fourth-order valence-corrected chi connectivity index (χ4v) is 1.63. The van der Waals surface area contributed by atoms with Gasteiger partial charge in [0.1, 0.15) is 5.75 Å². The van der Waals surface area contributed by atoms with Gasteiger partial charge < -0.3 is 10.2 Å². The number of benzene rings is 1. The predicted octanol–water partition coefficient (Wildman–Crippen LogP) is 3.23. The van der Waals surface area contributed by atoms with E-state index in [1.165, 1.54) is 13.0 Å². The maximum absolute atomic E-state index is 12.4. The monoisotopic (exact) mass is 284 g/mol. The van der Waals surface area contributed by atoms with Gasteiger partial charge in [0.05, 0.1) is 11.7 Å². The normalized spacial score (nSPS) is 14.0. The second kappa shape index (κ2) is 4.02. The molecule has 1 aromatic rings. The molecule has 0 heterocycles. The van der Waals surface area contributed by atoms with Gasteiger partial charge in [-0.25, -0.2) is 0 Å². The fourth-order valence-electron chi connectivity index (χ4n) is 1.15. The van der Waals surface area contributed by atoms with E-state index in [1.54, 1.807) is 0 Å². The molecule has 2 N–H and O–H groups in total. The number of alkyl halides is 3. The lowest BCUT2D eigenvalue weighted by Gasteiger charge is -2.14. The van der Waals surface area contributed by atoms with Crippen LogP contribution in [0.1, 0.15) is 24.2 Å². The lowest BCUT2D eigenvalue weighted by Crippen LogP contribution is -2.07. The summed E-state index contributed by atoms with van der Waals surface area (Å²) in [5, 5.41) is 18.5. The first kappa shape index (κ1) is 12.3. The molecule has 1 atom stereocenters. The molecule has 0 aromatic heterocycles. The van der Waals surface area contributed by atoms with Crippen molar-refractivity contribution in [1.82, 2.24) is 0 Å². The maximum atomic E-state index is 12.4. The quantitative estimate of drug-likeness (QED) is 0.831. The number of phenols is 1. The van der Waals surface area contributed by atoms with Crippen LogP contribution in [0.3, 0.4) is 0 Å². The van der Waals surface area contributed by atoms with E-state index in [1.807, 2.05) is 0 Å². The number of hydrogen-bond donors (Lipinski definition) is 2. The summed E-state index contributed by atoms with van der Waals surface area (Å²) in [6, 6.07) is 2.01. The molecule has 2 nitrogen and oxygen atoms in total. The molecule has 1 rings (SSSR count). The van der Waals surface area contributed by atoms with E-state index >= 15 is 0 Å². The molecule has 0 saturated heterocycles. The molecule has 0 bridgehead atoms. The summed E-state index contributed by atoms with van der Waals surface area (Å²) in [4.78, 5) is 0. The lowest BCUT2D eigenvalue weighted by molar-refractivity contribution is -0.138. The second-order valence-electron chi connectivity index (χ2n) is 3.06. The van der Waals surface area contributed by atoms with Gasteiger partial charge in [0.15, 0.2) is 0 Å². The molecule has 84 valence electrons. The smallest absolute Gasteiger partial charge is 0.420 e. The van der Waals surface area contributed by atoms with Crippen LogP contribution in [0.4, 0.5) is 13.2 Å². The van der Waals surface area contributed by atoms with Crippen molar-refractivity contribution < 1.29 is 23.4 Å². The Balaban J connectivity index is 3.42. The largest absolute Gasteiger partial charge is 0.507 e. The molecule has 0 aliphatic carbocycles. The molecule has 1 unspecified atom stereocenters. The summed E-state index contributed by atoms with van der Waals surface area (Å²) in [5.41, 5.74) is -1.32. The number of rotatable bonds is 1. The predicted molar refractivity (Wildman–Crippen MR) is 51.4 cm³/mol. The second-order valence-corrected chi connectivity index (χ2v) is 3.98. The van der Waals surface area contributed by atoms with Crippen molar-refractivity contribution >= 4 is 15.9 Å². The van der Waals surface area contributed by atoms with Gasteiger partial charge in [0.25, 0.3) is 0 Å². The Morgan fingerprint density at radius 1 is 1.33 bits per heavy atom. The average Bonchev–Trinajstić information content (AvgIpc) is 2.06. The molecule has 0 fully saturated rings. The molecule has 0 radical (unpaired) electrons. The van der Waals surface area contributed by atoms with Crippen LogP contribution in [-0.4, -0.2) is 10.2 Å². The number of aliphatic hydroxyl groups excluding tert-OH is 1. The van der Waals surface area contributed by atoms with Crippen molar-refractivity contribution in [2.24, 2.45) is 0 Å². The lowest BCUT2D eigenvalue weighted by atomic mass is 10.0. The van der Waals surface area contributed by atoms with Gasteiger partial charge in [-0.15, -0.1) is 0 Å². The summed E-state index contributed by atoms with van der Waals surface area (Å²) in [7, 11) is 0. The van der Waals surface area contributed by atoms with Crippen molar-refractivity contribution in [3.05, 3.63) is 27.7 Å². The zero-order chi connectivity index (χ0) is 11.8. The highest BCUT2D eigenvalue weighted by Gasteiger charge is 2.35. The summed E-state index contributed by atoms with van der Waals surface area (Å²) < 4.78 is 37.4. The van der Waals surface area contributed by atoms with Crippen molar-refractivity contribution in [1.29, 1.82) is 0 Å². The number of halogens is 4. The summed E-state index contributed by atoms with van der Waals surface area (Å²) in [6.07, 6.45) is -5.80. The van der Waals surface area contributed by atoms with Crippen LogP contribution >= 0.6 is 15.9 Å². The highest BCUT2D eigenvalue weighted by atomic mass is 79.9. The van der Waals surface area contributed by atoms with Crippen molar-refractivity contribution in [3.8, 4) is 5.75 Å². The van der Waals surface area contributed by atoms with E-state index in [2.05, 4.69) is 15.9 Å². The van der Waals surface area contributed by atoms with Gasteiger partial charge >= 0.3 is 6.18 Å². The van der Waals surface area contributed by atoms with Gasteiger partial charge in [0, 0.05) is 10.0 Å². The third-order valence-electron chi connectivity index (χ3n) is 1.86. The molecule has 6 heteroatoms. The van der Waals surface area contributed by atoms with Gasteiger partial charge in [-0.3, -0.25) is 0 Å². The first-order chi connectivity index (χ1) is 6.73. The van der Waals surface area contributed by atoms with Gasteiger partial charge in [0.2, 0.25) is 0 Å². The van der Waals surface area contributed by atoms with Gasteiger partial charge in [-0.2, -0.15) is 13.2 Å². The number of aliphatic hydroxyl groups is 1. The highest BCUT2D eigenvalue weighted by molar-refractivity contribution is 9.10. The molecule has 15 heavy (non-hydrogen) atoms. The topological polar surface area (TPSA) is 40.5 Å². The average molecular weight is 285 g/mol. The number of phenolic OH excluding ortho intramolecular Hbond substituents is 1. The molecule has 0 amide bonds. The Bertz CT molecular complexity index is 374. The Morgan fingerprint density at radius 3 is 2.27 bits per heavy atom. The van der Waals surface area contributed by atoms with Crippen LogP contribution in [0, 0.1) is 0 Å². The maximum Gasteiger partial charge on any atom is 0.420 e. The summed E-state index contributed by atoms with van der Waals surface area (Å²) in [5.74, 6) is -0.930. The Morgan fingerprint density at radius 2 is 1.87 bits per heavy atom. The third kappa shape index (κ3) is 2.63. The van der Waals surface area contributed by atoms with Crippen LogP contribution < -0.4 is 0 Å². The minimum Gasteiger partial charge on any atom is -0.507 e. The Hall–Kier alpha value is -0.750. The van der Waals surface area contributed by atoms with Gasteiger partial charge in [-0.1, -0.05) is 15.9 Å². The van der Waals surface area contributed by atoms with Crippen molar-refractivity contribution in [3.63, 3.8) is 0 Å². The van der Waals surface area contributed by atoms with Crippen LogP contribution in [0.25, 0.3) is 0 Å². The molecule has 0 aliphatic heterocycles. The van der Waals surface area contributed by atoms with E-state index in [0.717, 1.165) is 6.07 Å². The van der Waals surface area contributed by atoms with E-state index in [-0.39, 0.29) is 10.0 Å². The van der Waals surface area contributed by atoms with Gasteiger partial charge in [-0.05, 0) is 19.1 Å². The highest BCUT2D eigenvalue weighted by Crippen LogP contribution is 2.41. The molecule has 1 aromatic carbocycles. The minimum atomic E-state index is -4.64. The SMILES string of the molecule is CC(O)c1cc(Br)cc(C(F)(F)F)c1O. The first-order valence-electron chi connectivity index (χ1n) is 4.01. The number of hydrogen-bond acceptors (Lipinski definition) is 2. The summed E-state index contributed by atoms with van der Waals surface area (Å²) in [6.45, 7) is 1.28. The zero-order valence-electron chi connectivity index (χ0n) is 7.64. The zero-order valence-corrected chi connectivity index (χ0v) is 9.22. The third-order valence-corrected chi connectivity index (χ3v) is 2.32. The van der Waals surface area contributed by atoms with E-state index in [0.29, 0.717) is 0 Å². The molecular formula is C9H8BrF3O2. The van der Waals surface area contributed by atoms with Crippen LogP contribution in [0.5, 0.6) is 5.75 Å². The van der Waals surface area contributed by atoms with E-state index in [4.69, 9.17) is 0 Å². The first-order valence-corrected chi connectivity index (χ1v) is 4.80. The van der Waals surface area contributed by atoms with E-state index in [9.17, 15) is 23.4 Å². The Labute approximate surface area is 92.5 Å². The fraction of sp³-hybridized carbons (Fsp3) is 0.333. The standard InChI is InChI=1S/C9H8BrF3O2/c1-4(14)6-2-5(10)3-7(8(6)15)9(11,12)13/h2-4,14-15H,1H3. The van der Waals surface area contributed by atoms with Crippen molar-refractivity contribution in [2.75, 3.05) is 0 Å². The number of aromatic hydroxyl groups is 1. The van der Waals surface area contributed by atoms with E-state index < -0.39 is 23.6 Å². The van der Waals surface area contributed by atoms with Crippen LogP contribution in [0.15, 0.2) is 16.6 Å². The van der Waals surface area contributed by atoms with Crippen LogP contribution in [-0.2, 0) is 6.18 Å². The molecule has 0 aliphatic rings. The molecule has 0 spiro atoms. The molecular weight excluding hydrogens is 277 g/mol. The summed E-state index contributed by atoms with van der Waals surface area (Å²) >= 11 is 2.89. The minimum absolute atomic E-state index is 0.156. The van der Waals surface area contributed by atoms with Crippen molar-refractivity contribution in [2.45, 2.75) is 19.2 Å². The van der Waals surface area contributed by atoms with Crippen LogP contribution in [0.2, 0.25) is 0 Å². The molecule has 0 saturated carbocycles.